The highest BCUT2D eigenvalue weighted by Gasteiger charge is 2.28. The van der Waals surface area contributed by atoms with Crippen LogP contribution in [0.15, 0.2) is 35.5 Å². The van der Waals surface area contributed by atoms with Crippen LogP contribution in [0.25, 0.3) is 0 Å². The van der Waals surface area contributed by atoms with Gasteiger partial charge in [0.15, 0.2) is 0 Å². The molecule has 2 amide bonds. The van der Waals surface area contributed by atoms with Crippen LogP contribution in [0, 0.1) is 0 Å². The van der Waals surface area contributed by atoms with Crippen LogP contribution >= 0.6 is 0 Å². The molecule has 0 aliphatic carbocycles. The number of hydrogen-bond donors (Lipinski definition) is 1. The van der Waals surface area contributed by atoms with Gasteiger partial charge in [-0.3, -0.25) is 14.9 Å². The maximum atomic E-state index is 11.2. The van der Waals surface area contributed by atoms with Gasteiger partial charge in [0.05, 0.1) is 5.57 Å². The third-order valence-electron chi connectivity index (χ3n) is 1.75. The minimum Gasteiger partial charge on any atom is -0.288 e. The number of nitrogens with one attached hydrogen (secondary N) is 1. The summed E-state index contributed by atoms with van der Waals surface area (Å²) in [7, 11) is 0. The van der Waals surface area contributed by atoms with E-state index in [1.807, 2.05) is 6.92 Å². The Morgan fingerprint density at radius 3 is 2.23 bits per heavy atom. The summed E-state index contributed by atoms with van der Waals surface area (Å²) < 4.78 is 0. The molecule has 0 aromatic carbocycles. The molecule has 1 rings (SSSR count). The van der Waals surface area contributed by atoms with Gasteiger partial charge in [-0.25, -0.2) is 0 Å². The van der Waals surface area contributed by atoms with E-state index in [9.17, 15) is 9.59 Å². The van der Waals surface area contributed by atoms with Gasteiger partial charge in [0.1, 0.15) is 0 Å². The summed E-state index contributed by atoms with van der Waals surface area (Å²) in [5, 5.41) is 2.23. The molecule has 1 heterocycles. The first-order chi connectivity index (χ1) is 6.20. The number of carbonyl (C=O) groups is 2. The van der Waals surface area contributed by atoms with E-state index >= 15 is 0 Å². The smallest absolute Gasteiger partial charge is 0.258 e. The van der Waals surface area contributed by atoms with Crippen molar-refractivity contribution in [1.29, 1.82) is 0 Å². The van der Waals surface area contributed by atoms with Crippen LogP contribution in [0.3, 0.4) is 0 Å². The van der Waals surface area contributed by atoms with Gasteiger partial charge in [0.2, 0.25) is 0 Å². The van der Waals surface area contributed by atoms with Crippen LogP contribution < -0.4 is 5.32 Å². The van der Waals surface area contributed by atoms with Crippen molar-refractivity contribution < 1.29 is 9.59 Å². The van der Waals surface area contributed by atoms with Gasteiger partial charge in [-0.15, -0.1) is 0 Å². The lowest BCUT2D eigenvalue weighted by atomic mass is 10.1. The second-order valence-corrected chi connectivity index (χ2v) is 2.59. The number of rotatable bonds is 1. The van der Waals surface area contributed by atoms with Gasteiger partial charge in [-0.2, -0.15) is 0 Å². The summed E-state index contributed by atoms with van der Waals surface area (Å²) in [6.07, 6.45) is 6.80. The molecule has 1 saturated heterocycles. The Kier molecular flexibility index (Phi) is 2.80. The molecule has 0 aromatic rings. The number of amides is 2. The minimum atomic E-state index is -0.323. The summed E-state index contributed by atoms with van der Waals surface area (Å²) in [6.45, 7) is 3.58. The molecule has 1 fully saturated rings. The summed E-state index contributed by atoms with van der Waals surface area (Å²) >= 11 is 0. The average Bonchev–Trinajstić information content (AvgIpc) is 2.37. The maximum absolute atomic E-state index is 11.2. The molecule has 0 unspecified atom stereocenters. The summed E-state index contributed by atoms with van der Waals surface area (Å²) in [6, 6.07) is 0. The average molecular weight is 177 g/mol. The highest BCUT2D eigenvalue weighted by molar-refractivity contribution is 6.24. The largest absolute Gasteiger partial charge is 0.288 e. The number of carbonyl (C=O) groups excluding carboxylic acids is 2. The van der Waals surface area contributed by atoms with Crippen molar-refractivity contribution in [3.8, 4) is 0 Å². The zero-order valence-corrected chi connectivity index (χ0v) is 7.63. The van der Waals surface area contributed by atoms with Gasteiger partial charge in [0.25, 0.3) is 11.8 Å². The van der Waals surface area contributed by atoms with Crippen LogP contribution in [0.2, 0.25) is 0 Å². The van der Waals surface area contributed by atoms with Gasteiger partial charge < -0.3 is 0 Å². The molecule has 0 bridgehead atoms. The van der Waals surface area contributed by atoms with Gasteiger partial charge in [-0.1, -0.05) is 18.2 Å². The van der Waals surface area contributed by atoms with Gasteiger partial charge in [0, 0.05) is 5.57 Å². The zero-order valence-electron chi connectivity index (χ0n) is 7.63. The fraction of sp³-hybridized carbons (Fsp3) is 0.200. The molecular weight excluding hydrogens is 166 g/mol. The third-order valence-corrected chi connectivity index (χ3v) is 1.75. The van der Waals surface area contributed by atoms with Crippen LogP contribution in [-0.4, -0.2) is 11.8 Å². The molecule has 0 aromatic heterocycles. The molecule has 0 saturated carbocycles. The summed E-state index contributed by atoms with van der Waals surface area (Å²) in [5.41, 5.74) is 0.883. The van der Waals surface area contributed by atoms with E-state index in [4.69, 9.17) is 0 Å². The van der Waals surface area contributed by atoms with Crippen molar-refractivity contribution in [3.63, 3.8) is 0 Å². The first-order valence-corrected chi connectivity index (χ1v) is 4.06. The molecule has 1 aliphatic heterocycles. The fourth-order valence-electron chi connectivity index (χ4n) is 1.13. The van der Waals surface area contributed by atoms with Gasteiger partial charge in [-0.05, 0) is 19.9 Å². The van der Waals surface area contributed by atoms with Crippen LogP contribution in [0.4, 0.5) is 0 Å². The van der Waals surface area contributed by atoms with Crippen LogP contribution in [0.5, 0.6) is 0 Å². The lowest BCUT2D eigenvalue weighted by Crippen LogP contribution is -2.19. The van der Waals surface area contributed by atoms with Crippen LogP contribution in [-0.2, 0) is 9.59 Å². The van der Waals surface area contributed by atoms with E-state index in [0.717, 1.165) is 0 Å². The Balaban J connectivity index is 3.08. The predicted molar refractivity (Wildman–Crippen MR) is 49.8 cm³/mol. The second-order valence-electron chi connectivity index (χ2n) is 2.59. The Morgan fingerprint density at radius 1 is 1.08 bits per heavy atom. The first-order valence-electron chi connectivity index (χ1n) is 4.06. The monoisotopic (exact) mass is 177 g/mol. The normalized spacial score (nSPS) is 23.5. The minimum absolute atomic E-state index is 0.316. The molecule has 3 nitrogen and oxygen atoms in total. The first kappa shape index (κ1) is 9.45. The molecule has 3 heteroatoms. The lowest BCUT2D eigenvalue weighted by molar-refractivity contribution is -0.123. The Labute approximate surface area is 76.8 Å². The van der Waals surface area contributed by atoms with Crippen molar-refractivity contribution in [2.45, 2.75) is 13.8 Å². The molecule has 1 aliphatic rings. The lowest BCUT2D eigenvalue weighted by Gasteiger charge is -1.90. The fourth-order valence-corrected chi connectivity index (χ4v) is 1.13. The SMILES string of the molecule is C\C=C/C=C1/C(=O)NC(=O)/C1=C/C. The standard InChI is InChI=1S/C10H11NO2/c1-3-5-6-8-7(4-2)9(12)11-10(8)13/h3-6H,1-2H3,(H,11,12,13)/b5-3-,7-4+,8-6+. The van der Waals surface area contributed by atoms with E-state index in [0.29, 0.717) is 11.1 Å². The Hall–Kier alpha value is -1.64. The molecular formula is C10H11NO2. The van der Waals surface area contributed by atoms with E-state index in [1.54, 1.807) is 31.2 Å². The summed E-state index contributed by atoms with van der Waals surface area (Å²) in [5.74, 6) is -0.639. The highest BCUT2D eigenvalue weighted by Crippen LogP contribution is 2.16. The van der Waals surface area contributed by atoms with E-state index < -0.39 is 0 Å². The quantitative estimate of drug-likeness (QED) is 0.481. The second kappa shape index (κ2) is 3.85. The van der Waals surface area contributed by atoms with Crippen molar-refractivity contribution in [3.05, 3.63) is 35.5 Å². The van der Waals surface area contributed by atoms with Crippen molar-refractivity contribution in [1.82, 2.24) is 5.32 Å². The number of hydrogen-bond acceptors (Lipinski definition) is 2. The highest BCUT2D eigenvalue weighted by atomic mass is 16.2. The molecule has 0 radical (unpaired) electrons. The molecule has 0 atom stereocenters. The van der Waals surface area contributed by atoms with E-state index in [2.05, 4.69) is 5.32 Å². The van der Waals surface area contributed by atoms with E-state index in [1.165, 1.54) is 0 Å². The van der Waals surface area contributed by atoms with Crippen molar-refractivity contribution in [2.24, 2.45) is 0 Å². The molecule has 68 valence electrons. The van der Waals surface area contributed by atoms with Crippen molar-refractivity contribution >= 4 is 11.8 Å². The Bertz CT molecular complexity index is 335. The van der Waals surface area contributed by atoms with Crippen molar-refractivity contribution in [2.75, 3.05) is 0 Å². The molecule has 0 spiro atoms. The maximum Gasteiger partial charge on any atom is 0.258 e. The van der Waals surface area contributed by atoms with Gasteiger partial charge >= 0.3 is 0 Å². The number of allylic oxidation sites excluding steroid dienone is 4. The zero-order chi connectivity index (χ0) is 9.84. The summed E-state index contributed by atoms with van der Waals surface area (Å²) in [4.78, 5) is 22.3. The Morgan fingerprint density at radius 2 is 1.69 bits per heavy atom. The predicted octanol–water partition coefficient (Wildman–Crippen LogP) is 1.09. The van der Waals surface area contributed by atoms with Crippen LogP contribution in [0.1, 0.15) is 13.8 Å². The molecule has 1 N–H and O–H groups in total. The third kappa shape index (κ3) is 1.75. The molecule has 13 heavy (non-hydrogen) atoms. The topological polar surface area (TPSA) is 46.2 Å². The number of imide groups is 1. The van der Waals surface area contributed by atoms with E-state index in [-0.39, 0.29) is 11.8 Å².